The summed E-state index contributed by atoms with van der Waals surface area (Å²) >= 11 is 0. The van der Waals surface area contributed by atoms with Gasteiger partial charge < -0.3 is 10.4 Å². The van der Waals surface area contributed by atoms with Crippen LogP contribution in [0, 0.1) is 5.92 Å². The van der Waals surface area contributed by atoms with Crippen LogP contribution in [0.2, 0.25) is 0 Å². The van der Waals surface area contributed by atoms with Crippen molar-refractivity contribution >= 4 is 0 Å². The number of rotatable bonds is 6. The average Bonchev–Trinajstić information content (AvgIpc) is 2.26. The van der Waals surface area contributed by atoms with Crippen LogP contribution in [-0.2, 0) is 13.2 Å². The Morgan fingerprint density at radius 3 is 2.50 bits per heavy atom. The van der Waals surface area contributed by atoms with Crippen molar-refractivity contribution in [3.63, 3.8) is 0 Å². The second kappa shape index (κ2) is 6.66. The molecule has 0 bridgehead atoms. The number of aliphatic hydroxyl groups excluding tert-OH is 1. The van der Waals surface area contributed by atoms with E-state index in [1.54, 1.807) is 0 Å². The van der Waals surface area contributed by atoms with Crippen LogP contribution in [0.25, 0.3) is 0 Å². The standard InChI is InChI=1S/C14H23NO/c1-11(2)7-12(3)15-9-13-5-4-6-14(8-13)10-16/h4-6,8,11-12,15-16H,7,9-10H2,1-3H3. The van der Waals surface area contributed by atoms with Gasteiger partial charge in [-0.25, -0.2) is 0 Å². The van der Waals surface area contributed by atoms with Gasteiger partial charge in [-0.2, -0.15) is 0 Å². The molecule has 16 heavy (non-hydrogen) atoms. The molecule has 0 heterocycles. The second-order valence-corrected chi connectivity index (χ2v) is 4.89. The Morgan fingerprint density at radius 2 is 1.88 bits per heavy atom. The Bertz CT molecular complexity index is 309. The maximum atomic E-state index is 9.04. The molecule has 0 saturated carbocycles. The molecule has 0 aromatic heterocycles. The highest BCUT2D eigenvalue weighted by Gasteiger charge is 2.04. The summed E-state index contributed by atoms with van der Waals surface area (Å²) in [5.41, 5.74) is 2.22. The Labute approximate surface area is 98.7 Å². The summed E-state index contributed by atoms with van der Waals surface area (Å²) in [6, 6.07) is 8.62. The minimum Gasteiger partial charge on any atom is -0.392 e. The molecule has 0 fully saturated rings. The summed E-state index contributed by atoms with van der Waals surface area (Å²) in [5, 5.41) is 12.5. The molecule has 0 aliphatic heterocycles. The quantitative estimate of drug-likeness (QED) is 0.774. The van der Waals surface area contributed by atoms with Crippen LogP contribution in [0.1, 0.15) is 38.3 Å². The summed E-state index contributed by atoms with van der Waals surface area (Å²) < 4.78 is 0. The molecule has 2 nitrogen and oxygen atoms in total. The second-order valence-electron chi connectivity index (χ2n) is 4.89. The van der Waals surface area contributed by atoms with E-state index in [1.165, 1.54) is 12.0 Å². The van der Waals surface area contributed by atoms with Crippen LogP contribution < -0.4 is 5.32 Å². The fraction of sp³-hybridized carbons (Fsp3) is 0.571. The fourth-order valence-electron chi connectivity index (χ4n) is 1.92. The number of benzene rings is 1. The minimum absolute atomic E-state index is 0.120. The van der Waals surface area contributed by atoms with E-state index in [4.69, 9.17) is 5.11 Å². The largest absolute Gasteiger partial charge is 0.392 e. The summed E-state index contributed by atoms with van der Waals surface area (Å²) in [6.07, 6.45) is 1.19. The highest BCUT2D eigenvalue weighted by atomic mass is 16.3. The Balaban J connectivity index is 2.41. The summed E-state index contributed by atoms with van der Waals surface area (Å²) in [5.74, 6) is 0.728. The van der Waals surface area contributed by atoms with Gasteiger partial charge >= 0.3 is 0 Å². The van der Waals surface area contributed by atoms with E-state index >= 15 is 0 Å². The van der Waals surface area contributed by atoms with Gasteiger partial charge in [0.15, 0.2) is 0 Å². The van der Waals surface area contributed by atoms with Crippen LogP contribution in [0.15, 0.2) is 24.3 Å². The lowest BCUT2D eigenvalue weighted by molar-refractivity contribution is 0.281. The van der Waals surface area contributed by atoms with E-state index < -0.39 is 0 Å². The van der Waals surface area contributed by atoms with Crippen LogP contribution in [-0.4, -0.2) is 11.1 Å². The smallest absolute Gasteiger partial charge is 0.0681 e. The van der Waals surface area contributed by atoms with Gasteiger partial charge in [-0.05, 0) is 30.4 Å². The number of hydrogen-bond acceptors (Lipinski definition) is 2. The summed E-state index contributed by atoms with van der Waals surface area (Å²) in [4.78, 5) is 0. The molecule has 1 aromatic carbocycles. The molecular formula is C14H23NO. The van der Waals surface area contributed by atoms with Crippen LogP contribution in [0.3, 0.4) is 0 Å². The first kappa shape index (κ1) is 13.2. The van der Waals surface area contributed by atoms with Crippen molar-refractivity contribution in [1.29, 1.82) is 0 Å². The molecule has 1 rings (SSSR count). The van der Waals surface area contributed by atoms with E-state index in [0.29, 0.717) is 6.04 Å². The zero-order valence-corrected chi connectivity index (χ0v) is 10.5. The van der Waals surface area contributed by atoms with Gasteiger partial charge in [0.2, 0.25) is 0 Å². The Kier molecular flexibility index (Phi) is 5.50. The SMILES string of the molecule is CC(C)CC(C)NCc1cccc(CO)c1. The fourth-order valence-corrected chi connectivity index (χ4v) is 1.92. The molecule has 2 heteroatoms. The van der Waals surface area contributed by atoms with E-state index in [2.05, 4.69) is 38.2 Å². The maximum absolute atomic E-state index is 9.04. The molecule has 1 unspecified atom stereocenters. The number of hydrogen-bond donors (Lipinski definition) is 2. The topological polar surface area (TPSA) is 32.3 Å². The molecule has 1 aromatic rings. The highest BCUT2D eigenvalue weighted by Crippen LogP contribution is 2.07. The number of nitrogens with one attached hydrogen (secondary N) is 1. The predicted molar refractivity (Wildman–Crippen MR) is 68.1 cm³/mol. The first-order valence-electron chi connectivity index (χ1n) is 6.04. The first-order chi connectivity index (χ1) is 7.61. The normalized spacial score (nSPS) is 13.1. The third-order valence-corrected chi connectivity index (χ3v) is 2.65. The van der Waals surface area contributed by atoms with E-state index in [0.717, 1.165) is 18.0 Å². The van der Waals surface area contributed by atoms with E-state index in [9.17, 15) is 0 Å². The van der Waals surface area contributed by atoms with Crippen LogP contribution in [0.4, 0.5) is 0 Å². The Morgan fingerprint density at radius 1 is 1.19 bits per heavy atom. The molecule has 0 amide bonds. The van der Waals surface area contributed by atoms with Gasteiger partial charge in [0.05, 0.1) is 6.61 Å². The highest BCUT2D eigenvalue weighted by molar-refractivity contribution is 5.22. The maximum Gasteiger partial charge on any atom is 0.0681 e. The first-order valence-corrected chi connectivity index (χ1v) is 6.04. The summed E-state index contributed by atoms with van der Waals surface area (Å²) in [6.45, 7) is 7.70. The Hall–Kier alpha value is -0.860. The van der Waals surface area contributed by atoms with Crippen molar-refractivity contribution in [3.8, 4) is 0 Å². The molecular weight excluding hydrogens is 198 g/mol. The predicted octanol–water partition coefficient (Wildman–Crippen LogP) is 2.70. The van der Waals surface area contributed by atoms with Crippen LogP contribution in [0.5, 0.6) is 0 Å². The van der Waals surface area contributed by atoms with Crippen molar-refractivity contribution in [2.24, 2.45) is 5.92 Å². The van der Waals surface area contributed by atoms with E-state index in [1.807, 2.05) is 12.1 Å². The van der Waals surface area contributed by atoms with Crippen molar-refractivity contribution in [2.75, 3.05) is 0 Å². The molecule has 0 aliphatic carbocycles. The molecule has 0 spiro atoms. The lowest BCUT2D eigenvalue weighted by Crippen LogP contribution is -2.26. The van der Waals surface area contributed by atoms with Gasteiger partial charge in [0, 0.05) is 12.6 Å². The van der Waals surface area contributed by atoms with Gasteiger partial charge in [-0.15, -0.1) is 0 Å². The van der Waals surface area contributed by atoms with Crippen LogP contribution >= 0.6 is 0 Å². The molecule has 0 radical (unpaired) electrons. The average molecular weight is 221 g/mol. The summed E-state index contributed by atoms with van der Waals surface area (Å²) in [7, 11) is 0. The van der Waals surface area contributed by atoms with Gasteiger partial charge in [-0.1, -0.05) is 38.1 Å². The molecule has 90 valence electrons. The van der Waals surface area contributed by atoms with E-state index in [-0.39, 0.29) is 6.61 Å². The van der Waals surface area contributed by atoms with Gasteiger partial charge in [0.1, 0.15) is 0 Å². The zero-order chi connectivity index (χ0) is 12.0. The molecule has 2 N–H and O–H groups in total. The monoisotopic (exact) mass is 221 g/mol. The van der Waals surface area contributed by atoms with Crippen molar-refractivity contribution in [2.45, 2.75) is 46.4 Å². The third-order valence-electron chi connectivity index (χ3n) is 2.65. The van der Waals surface area contributed by atoms with Crippen molar-refractivity contribution in [1.82, 2.24) is 5.32 Å². The van der Waals surface area contributed by atoms with Gasteiger partial charge in [0.25, 0.3) is 0 Å². The molecule has 1 atom stereocenters. The number of aliphatic hydroxyl groups is 1. The third kappa shape index (κ3) is 4.77. The lowest BCUT2D eigenvalue weighted by Gasteiger charge is -2.16. The lowest BCUT2D eigenvalue weighted by atomic mass is 10.0. The minimum atomic E-state index is 0.120. The molecule has 0 saturated heterocycles. The molecule has 0 aliphatic rings. The van der Waals surface area contributed by atoms with Gasteiger partial charge in [-0.3, -0.25) is 0 Å². The van der Waals surface area contributed by atoms with Crippen molar-refractivity contribution < 1.29 is 5.11 Å². The zero-order valence-electron chi connectivity index (χ0n) is 10.5. The van der Waals surface area contributed by atoms with Crippen molar-refractivity contribution in [3.05, 3.63) is 35.4 Å².